The molecule has 1 saturated heterocycles. The first-order valence-corrected chi connectivity index (χ1v) is 9.12. The molecule has 27 heavy (non-hydrogen) atoms. The second kappa shape index (κ2) is 8.50. The van der Waals surface area contributed by atoms with Crippen LogP contribution in [0.25, 0.3) is 0 Å². The summed E-state index contributed by atoms with van der Waals surface area (Å²) >= 11 is 5.70. The number of piperazine rings is 1. The fourth-order valence-corrected chi connectivity index (χ4v) is 3.06. The molecule has 2 aromatic rings. The highest BCUT2D eigenvalue weighted by Crippen LogP contribution is 2.16. The Labute approximate surface area is 162 Å². The smallest absolute Gasteiger partial charge is 0.253 e. The molecule has 1 heterocycles. The zero-order chi connectivity index (χ0) is 19.4. The molecule has 3 rings (SSSR count). The molecule has 1 aliphatic heterocycles. The van der Waals surface area contributed by atoms with Crippen LogP contribution in [0.4, 0.5) is 4.39 Å². The summed E-state index contributed by atoms with van der Waals surface area (Å²) in [5.74, 6) is -0.872. The number of likely N-dealkylation sites (N-methyl/N-ethyl adjacent to an activating group) is 1. The minimum atomic E-state index is -0.561. The first kappa shape index (κ1) is 19.3. The van der Waals surface area contributed by atoms with Crippen LogP contribution in [-0.2, 0) is 6.54 Å². The standard InChI is InChI=1S/C20H21ClFN3O2/c1-24-8-10-25(11-9-24)20(27)15-4-2-14(3-5-15)13-23-19(26)16-6-7-18(22)17(21)12-16/h2-7,12H,8-11,13H2,1H3,(H,23,26). The maximum atomic E-state index is 13.2. The van der Waals surface area contributed by atoms with Crippen LogP contribution >= 0.6 is 11.6 Å². The number of carbonyl (C=O) groups excluding carboxylic acids is 2. The van der Waals surface area contributed by atoms with Gasteiger partial charge in [0.2, 0.25) is 0 Å². The van der Waals surface area contributed by atoms with Gasteiger partial charge >= 0.3 is 0 Å². The topological polar surface area (TPSA) is 52.6 Å². The SMILES string of the molecule is CN1CCN(C(=O)c2ccc(CNC(=O)c3ccc(F)c(Cl)c3)cc2)CC1. The molecule has 0 unspecified atom stereocenters. The van der Waals surface area contributed by atoms with Crippen molar-refractivity contribution in [2.75, 3.05) is 33.2 Å². The Kier molecular flexibility index (Phi) is 6.08. The number of hydrogen-bond acceptors (Lipinski definition) is 3. The van der Waals surface area contributed by atoms with E-state index in [-0.39, 0.29) is 16.8 Å². The first-order chi connectivity index (χ1) is 12.9. The van der Waals surface area contributed by atoms with Crippen molar-refractivity contribution in [2.24, 2.45) is 0 Å². The van der Waals surface area contributed by atoms with Crippen molar-refractivity contribution in [1.29, 1.82) is 0 Å². The molecule has 0 spiro atoms. The summed E-state index contributed by atoms with van der Waals surface area (Å²) < 4.78 is 13.2. The molecule has 0 atom stereocenters. The van der Waals surface area contributed by atoms with Gasteiger partial charge in [-0.05, 0) is 42.9 Å². The summed E-state index contributed by atoms with van der Waals surface area (Å²) in [4.78, 5) is 28.7. The highest BCUT2D eigenvalue weighted by Gasteiger charge is 2.20. The molecular formula is C20H21ClFN3O2. The van der Waals surface area contributed by atoms with Crippen molar-refractivity contribution in [2.45, 2.75) is 6.54 Å². The number of benzene rings is 2. The van der Waals surface area contributed by atoms with Gasteiger partial charge in [-0.15, -0.1) is 0 Å². The lowest BCUT2D eigenvalue weighted by Crippen LogP contribution is -2.47. The van der Waals surface area contributed by atoms with Crippen molar-refractivity contribution in [3.05, 3.63) is 70.0 Å². The molecule has 1 fully saturated rings. The number of nitrogens with one attached hydrogen (secondary N) is 1. The van der Waals surface area contributed by atoms with E-state index in [0.717, 1.165) is 37.8 Å². The van der Waals surface area contributed by atoms with Crippen LogP contribution < -0.4 is 5.32 Å². The molecule has 7 heteroatoms. The van der Waals surface area contributed by atoms with E-state index in [0.29, 0.717) is 17.7 Å². The van der Waals surface area contributed by atoms with E-state index in [4.69, 9.17) is 11.6 Å². The molecule has 0 aliphatic carbocycles. The largest absolute Gasteiger partial charge is 0.348 e. The van der Waals surface area contributed by atoms with E-state index in [1.807, 2.05) is 24.1 Å². The minimum Gasteiger partial charge on any atom is -0.348 e. The van der Waals surface area contributed by atoms with Crippen molar-refractivity contribution >= 4 is 23.4 Å². The van der Waals surface area contributed by atoms with E-state index in [1.54, 1.807) is 12.1 Å². The van der Waals surface area contributed by atoms with Crippen molar-refractivity contribution < 1.29 is 14.0 Å². The lowest BCUT2D eigenvalue weighted by Gasteiger charge is -2.32. The zero-order valence-corrected chi connectivity index (χ0v) is 15.8. The average molecular weight is 390 g/mol. The normalized spacial score (nSPS) is 14.9. The predicted molar refractivity (Wildman–Crippen MR) is 102 cm³/mol. The van der Waals surface area contributed by atoms with Crippen molar-refractivity contribution in [1.82, 2.24) is 15.1 Å². The minimum absolute atomic E-state index is 0.0274. The Morgan fingerprint density at radius 2 is 1.67 bits per heavy atom. The van der Waals surface area contributed by atoms with Gasteiger partial charge in [0.15, 0.2) is 0 Å². The molecule has 2 amide bonds. The van der Waals surface area contributed by atoms with Gasteiger partial charge in [-0.3, -0.25) is 9.59 Å². The molecule has 0 bridgehead atoms. The highest BCUT2D eigenvalue weighted by atomic mass is 35.5. The Hall–Kier alpha value is -2.44. The van der Waals surface area contributed by atoms with E-state index >= 15 is 0 Å². The summed E-state index contributed by atoms with van der Waals surface area (Å²) in [5.41, 5.74) is 1.80. The second-order valence-corrected chi connectivity index (χ2v) is 7.01. The van der Waals surface area contributed by atoms with Gasteiger partial charge in [0.25, 0.3) is 11.8 Å². The summed E-state index contributed by atoms with van der Waals surface area (Å²) in [7, 11) is 2.05. The number of amides is 2. The number of rotatable bonds is 4. The van der Waals surface area contributed by atoms with Crippen molar-refractivity contribution in [3.63, 3.8) is 0 Å². The van der Waals surface area contributed by atoms with E-state index in [9.17, 15) is 14.0 Å². The molecule has 2 aromatic carbocycles. The van der Waals surface area contributed by atoms with Gasteiger partial charge in [0, 0.05) is 43.9 Å². The Morgan fingerprint density at radius 1 is 1.04 bits per heavy atom. The van der Waals surface area contributed by atoms with Gasteiger partial charge in [0.05, 0.1) is 5.02 Å². The van der Waals surface area contributed by atoms with Crippen LogP contribution in [0.3, 0.4) is 0 Å². The Bertz CT molecular complexity index is 834. The summed E-state index contributed by atoms with van der Waals surface area (Å²) in [6, 6.07) is 11.0. The lowest BCUT2D eigenvalue weighted by molar-refractivity contribution is 0.0664. The number of nitrogens with zero attached hydrogens (tertiary/aromatic N) is 2. The number of halogens is 2. The Balaban J connectivity index is 1.56. The molecule has 1 aliphatic rings. The highest BCUT2D eigenvalue weighted by molar-refractivity contribution is 6.31. The fraction of sp³-hybridized carbons (Fsp3) is 0.300. The predicted octanol–water partition coefficient (Wildman–Crippen LogP) is 2.80. The Morgan fingerprint density at radius 3 is 2.30 bits per heavy atom. The average Bonchev–Trinajstić information content (AvgIpc) is 2.68. The third-order valence-corrected chi connectivity index (χ3v) is 4.92. The zero-order valence-electron chi connectivity index (χ0n) is 15.0. The van der Waals surface area contributed by atoms with Crippen LogP contribution in [0.15, 0.2) is 42.5 Å². The van der Waals surface area contributed by atoms with Crippen LogP contribution in [0.5, 0.6) is 0 Å². The van der Waals surface area contributed by atoms with Gasteiger partial charge in [0.1, 0.15) is 5.82 Å². The molecule has 142 valence electrons. The molecule has 0 aromatic heterocycles. The van der Waals surface area contributed by atoms with Crippen LogP contribution in [-0.4, -0.2) is 54.8 Å². The molecule has 5 nitrogen and oxygen atoms in total. The summed E-state index contributed by atoms with van der Waals surface area (Å²) in [6.45, 7) is 3.52. The quantitative estimate of drug-likeness (QED) is 0.874. The maximum absolute atomic E-state index is 13.2. The second-order valence-electron chi connectivity index (χ2n) is 6.60. The monoisotopic (exact) mass is 389 g/mol. The third kappa shape index (κ3) is 4.84. The van der Waals surface area contributed by atoms with E-state index in [2.05, 4.69) is 10.2 Å². The number of carbonyl (C=O) groups is 2. The summed E-state index contributed by atoms with van der Waals surface area (Å²) in [6.07, 6.45) is 0. The van der Waals surface area contributed by atoms with E-state index < -0.39 is 5.82 Å². The van der Waals surface area contributed by atoms with Crippen LogP contribution in [0.2, 0.25) is 5.02 Å². The van der Waals surface area contributed by atoms with Gasteiger partial charge < -0.3 is 15.1 Å². The molecule has 1 N–H and O–H groups in total. The number of hydrogen-bond donors (Lipinski definition) is 1. The van der Waals surface area contributed by atoms with Gasteiger partial charge in [-0.2, -0.15) is 0 Å². The fourth-order valence-electron chi connectivity index (χ4n) is 2.88. The molecule has 0 radical (unpaired) electrons. The van der Waals surface area contributed by atoms with Gasteiger partial charge in [-0.25, -0.2) is 4.39 Å². The third-order valence-electron chi connectivity index (χ3n) is 4.63. The summed E-state index contributed by atoms with van der Waals surface area (Å²) in [5, 5.41) is 2.67. The molecular weight excluding hydrogens is 369 g/mol. The maximum Gasteiger partial charge on any atom is 0.253 e. The first-order valence-electron chi connectivity index (χ1n) is 8.74. The van der Waals surface area contributed by atoms with Crippen LogP contribution in [0, 0.1) is 5.82 Å². The van der Waals surface area contributed by atoms with E-state index in [1.165, 1.54) is 12.1 Å². The lowest BCUT2D eigenvalue weighted by atomic mass is 10.1. The van der Waals surface area contributed by atoms with Gasteiger partial charge in [-0.1, -0.05) is 23.7 Å². The van der Waals surface area contributed by atoms with Crippen molar-refractivity contribution in [3.8, 4) is 0 Å². The van der Waals surface area contributed by atoms with Crippen LogP contribution in [0.1, 0.15) is 26.3 Å². The molecule has 0 saturated carbocycles.